The summed E-state index contributed by atoms with van der Waals surface area (Å²) in [6, 6.07) is 0. The van der Waals surface area contributed by atoms with Crippen LogP contribution in [-0.2, 0) is 18.4 Å². The molecule has 1 unspecified atom stereocenters. The maximum atomic E-state index is 12.1. The molecule has 0 aliphatic heterocycles. The standard InChI is InChI=1S/C9H19O4P/c1-5-9(8(4)10)14(11,12-6-2)13-7-3/h9H,5-7H2,1-4H3. The number of hydrogen-bond acceptors (Lipinski definition) is 4. The van der Waals surface area contributed by atoms with E-state index in [0.29, 0.717) is 19.6 Å². The summed E-state index contributed by atoms with van der Waals surface area (Å²) < 4.78 is 22.3. The van der Waals surface area contributed by atoms with E-state index in [-0.39, 0.29) is 5.78 Å². The second-order valence-corrected chi connectivity index (χ2v) is 5.13. The van der Waals surface area contributed by atoms with E-state index < -0.39 is 13.3 Å². The van der Waals surface area contributed by atoms with E-state index in [1.165, 1.54) is 6.92 Å². The number of ketones is 1. The van der Waals surface area contributed by atoms with Crippen molar-refractivity contribution in [3.63, 3.8) is 0 Å². The molecule has 1 atom stereocenters. The first-order valence-electron chi connectivity index (χ1n) is 4.91. The van der Waals surface area contributed by atoms with Gasteiger partial charge >= 0.3 is 7.60 Å². The Morgan fingerprint density at radius 2 is 1.64 bits per heavy atom. The van der Waals surface area contributed by atoms with Gasteiger partial charge in [0.25, 0.3) is 0 Å². The molecule has 0 spiro atoms. The van der Waals surface area contributed by atoms with Gasteiger partial charge in [0.2, 0.25) is 0 Å². The zero-order valence-corrected chi connectivity index (χ0v) is 10.2. The zero-order chi connectivity index (χ0) is 11.2. The Hall–Kier alpha value is -0.180. The molecule has 4 nitrogen and oxygen atoms in total. The second kappa shape index (κ2) is 6.33. The third-order valence-corrected chi connectivity index (χ3v) is 4.58. The summed E-state index contributed by atoms with van der Waals surface area (Å²) in [7, 11) is -3.24. The maximum absolute atomic E-state index is 12.1. The minimum atomic E-state index is -3.24. The summed E-state index contributed by atoms with van der Waals surface area (Å²) in [5, 5.41) is 0. The molecule has 0 aliphatic rings. The van der Waals surface area contributed by atoms with Crippen molar-refractivity contribution in [1.29, 1.82) is 0 Å². The predicted octanol–water partition coefficient (Wildman–Crippen LogP) is 2.62. The van der Waals surface area contributed by atoms with Gasteiger partial charge in [0.15, 0.2) is 0 Å². The fourth-order valence-corrected chi connectivity index (χ4v) is 3.36. The lowest BCUT2D eigenvalue weighted by molar-refractivity contribution is -0.117. The Bertz CT molecular complexity index is 217. The molecule has 0 aromatic heterocycles. The van der Waals surface area contributed by atoms with Gasteiger partial charge in [0.1, 0.15) is 11.4 Å². The molecule has 0 N–H and O–H groups in total. The highest BCUT2D eigenvalue weighted by Gasteiger charge is 2.37. The van der Waals surface area contributed by atoms with Gasteiger partial charge in [-0.2, -0.15) is 0 Å². The first-order chi connectivity index (χ1) is 6.51. The van der Waals surface area contributed by atoms with E-state index in [2.05, 4.69) is 0 Å². The zero-order valence-electron chi connectivity index (χ0n) is 9.28. The highest BCUT2D eigenvalue weighted by molar-refractivity contribution is 7.55. The summed E-state index contributed by atoms with van der Waals surface area (Å²) in [4.78, 5) is 11.2. The minimum absolute atomic E-state index is 0.141. The van der Waals surface area contributed by atoms with Gasteiger partial charge < -0.3 is 9.05 Å². The molecule has 0 saturated carbocycles. The summed E-state index contributed by atoms with van der Waals surface area (Å²) in [5.41, 5.74) is -0.623. The predicted molar refractivity (Wildman–Crippen MR) is 55.6 cm³/mol. The minimum Gasteiger partial charge on any atom is -0.308 e. The van der Waals surface area contributed by atoms with E-state index in [1.54, 1.807) is 20.8 Å². The Morgan fingerprint density at radius 3 is 1.86 bits per heavy atom. The van der Waals surface area contributed by atoms with Gasteiger partial charge in [-0.25, -0.2) is 0 Å². The lowest BCUT2D eigenvalue weighted by Gasteiger charge is -2.23. The second-order valence-electron chi connectivity index (χ2n) is 2.91. The summed E-state index contributed by atoms with van der Waals surface area (Å²) >= 11 is 0. The number of carbonyl (C=O) groups excluding carboxylic acids is 1. The molecule has 84 valence electrons. The van der Waals surface area contributed by atoms with Crippen LogP contribution in [0.25, 0.3) is 0 Å². The first-order valence-corrected chi connectivity index (χ1v) is 6.52. The quantitative estimate of drug-likeness (QED) is 0.621. The van der Waals surface area contributed by atoms with Gasteiger partial charge in [-0.3, -0.25) is 9.36 Å². The van der Waals surface area contributed by atoms with E-state index in [9.17, 15) is 9.36 Å². The molecule has 0 saturated heterocycles. The topological polar surface area (TPSA) is 52.6 Å². The fraction of sp³-hybridized carbons (Fsp3) is 0.889. The van der Waals surface area contributed by atoms with Crippen molar-refractivity contribution < 1.29 is 18.4 Å². The monoisotopic (exact) mass is 222 g/mol. The van der Waals surface area contributed by atoms with Gasteiger partial charge in [0.05, 0.1) is 13.2 Å². The summed E-state index contributed by atoms with van der Waals surface area (Å²) in [5.74, 6) is -0.141. The molecule has 5 heteroatoms. The lowest BCUT2D eigenvalue weighted by Crippen LogP contribution is -2.20. The molecule has 0 aliphatic carbocycles. The molecule has 0 fully saturated rings. The van der Waals surface area contributed by atoms with Crippen molar-refractivity contribution in [1.82, 2.24) is 0 Å². The fourth-order valence-electron chi connectivity index (χ4n) is 1.31. The molecule has 0 rings (SSSR count). The van der Waals surface area contributed by atoms with Gasteiger partial charge in [-0.05, 0) is 27.2 Å². The van der Waals surface area contributed by atoms with Crippen molar-refractivity contribution in [3.8, 4) is 0 Å². The SMILES string of the molecule is CCOP(=O)(OCC)C(CC)C(C)=O. The van der Waals surface area contributed by atoms with Crippen LogP contribution in [0.4, 0.5) is 0 Å². The van der Waals surface area contributed by atoms with Crippen molar-refractivity contribution in [2.24, 2.45) is 0 Å². The van der Waals surface area contributed by atoms with Crippen LogP contribution in [0.1, 0.15) is 34.1 Å². The molecular weight excluding hydrogens is 203 g/mol. The van der Waals surface area contributed by atoms with Crippen LogP contribution in [0.15, 0.2) is 0 Å². The summed E-state index contributed by atoms with van der Waals surface area (Å²) in [6.45, 7) is 7.27. The molecule has 0 amide bonds. The van der Waals surface area contributed by atoms with Crippen molar-refractivity contribution >= 4 is 13.4 Å². The molecule has 14 heavy (non-hydrogen) atoms. The first kappa shape index (κ1) is 13.8. The molecule has 0 aromatic rings. The maximum Gasteiger partial charge on any atom is 0.341 e. The van der Waals surface area contributed by atoms with E-state index in [1.807, 2.05) is 0 Å². The smallest absolute Gasteiger partial charge is 0.308 e. The van der Waals surface area contributed by atoms with Crippen molar-refractivity contribution in [2.75, 3.05) is 13.2 Å². The highest BCUT2D eigenvalue weighted by atomic mass is 31.2. The van der Waals surface area contributed by atoms with Gasteiger partial charge in [0, 0.05) is 0 Å². The van der Waals surface area contributed by atoms with Crippen molar-refractivity contribution in [2.45, 2.75) is 39.8 Å². The number of Topliss-reactive ketones (excluding diaryl/α,β-unsaturated/α-hetero) is 1. The molecule has 0 radical (unpaired) electrons. The van der Waals surface area contributed by atoms with Crippen LogP contribution in [0, 0.1) is 0 Å². The molecule has 0 aromatic carbocycles. The van der Waals surface area contributed by atoms with Crippen LogP contribution < -0.4 is 0 Å². The van der Waals surface area contributed by atoms with Crippen LogP contribution in [0.2, 0.25) is 0 Å². The highest BCUT2D eigenvalue weighted by Crippen LogP contribution is 2.54. The van der Waals surface area contributed by atoms with E-state index >= 15 is 0 Å². The third kappa shape index (κ3) is 3.52. The number of rotatable bonds is 7. The molecule has 0 heterocycles. The average Bonchev–Trinajstić information content (AvgIpc) is 2.04. The average molecular weight is 222 g/mol. The Morgan fingerprint density at radius 1 is 1.21 bits per heavy atom. The van der Waals surface area contributed by atoms with Crippen LogP contribution in [0.3, 0.4) is 0 Å². The van der Waals surface area contributed by atoms with E-state index in [0.717, 1.165) is 0 Å². The normalized spacial score (nSPS) is 14.0. The Kier molecular flexibility index (Phi) is 6.25. The van der Waals surface area contributed by atoms with E-state index in [4.69, 9.17) is 9.05 Å². The van der Waals surface area contributed by atoms with Crippen LogP contribution in [-0.4, -0.2) is 24.7 Å². The van der Waals surface area contributed by atoms with Crippen LogP contribution in [0.5, 0.6) is 0 Å². The summed E-state index contributed by atoms with van der Waals surface area (Å²) in [6.07, 6.45) is 0.479. The third-order valence-electron chi connectivity index (χ3n) is 1.86. The number of hydrogen-bond donors (Lipinski definition) is 0. The Labute approximate surface area is 85.5 Å². The van der Waals surface area contributed by atoms with Gasteiger partial charge in [-0.1, -0.05) is 6.92 Å². The lowest BCUT2D eigenvalue weighted by atomic mass is 10.2. The van der Waals surface area contributed by atoms with Crippen molar-refractivity contribution in [3.05, 3.63) is 0 Å². The molecular formula is C9H19O4P. The molecule has 0 bridgehead atoms. The number of carbonyl (C=O) groups is 1. The van der Waals surface area contributed by atoms with Crippen LogP contribution >= 0.6 is 7.60 Å². The Balaban J connectivity index is 4.76. The largest absolute Gasteiger partial charge is 0.341 e. The van der Waals surface area contributed by atoms with Gasteiger partial charge in [-0.15, -0.1) is 0 Å².